The van der Waals surface area contributed by atoms with Crippen LogP contribution in [0.3, 0.4) is 0 Å². The summed E-state index contributed by atoms with van der Waals surface area (Å²) in [6.07, 6.45) is 7.23. The number of likely N-dealkylation sites (tertiary alicyclic amines) is 1. The normalized spacial score (nSPS) is 21.3. The molecule has 1 saturated carbocycles. The summed E-state index contributed by atoms with van der Waals surface area (Å²) in [6.45, 7) is 0.980. The number of aromatic nitrogens is 2. The zero-order valence-electron chi connectivity index (χ0n) is 14.7. The lowest BCUT2D eigenvalue weighted by atomic mass is 10.0. The highest BCUT2D eigenvalue weighted by Gasteiger charge is 2.32. The van der Waals surface area contributed by atoms with Crippen LogP contribution in [0, 0.1) is 0 Å². The molecule has 1 atom stereocenters. The fourth-order valence-electron chi connectivity index (χ4n) is 3.66. The lowest BCUT2D eigenvalue weighted by molar-refractivity contribution is -0.126. The van der Waals surface area contributed by atoms with Gasteiger partial charge in [0.25, 0.3) is 0 Å². The van der Waals surface area contributed by atoms with Gasteiger partial charge in [-0.2, -0.15) is 4.98 Å². The van der Waals surface area contributed by atoms with Crippen molar-refractivity contribution in [2.45, 2.75) is 63.3 Å². The molecule has 0 spiro atoms. The first-order valence-electron chi connectivity index (χ1n) is 9.14. The first-order valence-corrected chi connectivity index (χ1v) is 9.14. The number of carbonyl (C=O) groups excluding carboxylic acids is 2. The van der Waals surface area contributed by atoms with Gasteiger partial charge in [-0.15, -0.1) is 0 Å². The van der Waals surface area contributed by atoms with Crippen LogP contribution in [-0.4, -0.2) is 53.3 Å². The summed E-state index contributed by atoms with van der Waals surface area (Å²) >= 11 is 0. The van der Waals surface area contributed by atoms with Crippen LogP contribution in [-0.2, 0) is 16.0 Å². The van der Waals surface area contributed by atoms with E-state index in [1.807, 2.05) is 0 Å². The van der Waals surface area contributed by atoms with Gasteiger partial charge in [-0.1, -0.05) is 18.0 Å². The van der Waals surface area contributed by atoms with Crippen LogP contribution in [0.5, 0.6) is 0 Å². The van der Waals surface area contributed by atoms with Gasteiger partial charge in [0.15, 0.2) is 5.82 Å². The Morgan fingerprint density at radius 2 is 2.00 bits per heavy atom. The Labute approximate surface area is 147 Å². The van der Waals surface area contributed by atoms with Gasteiger partial charge < -0.3 is 14.6 Å². The predicted molar refractivity (Wildman–Crippen MR) is 89.0 cm³/mol. The van der Waals surface area contributed by atoms with Gasteiger partial charge in [0, 0.05) is 25.4 Å². The quantitative estimate of drug-likeness (QED) is 0.872. The van der Waals surface area contributed by atoms with Crippen LogP contribution in [0.15, 0.2) is 4.52 Å². The minimum absolute atomic E-state index is 0.149. The van der Waals surface area contributed by atoms with E-state index in [1.54, 1.807) is 0 Å². The van der Waals surface area contributed by atoms with E-state index >= 15 is 0 Å². The molecule has 0 radical (unpaired) electrons. The topological polar surface area (TPSA) is 97.6 Å². The first kappa shape index (κ1) is 17.7. The summed E-state index contributed by atoms with van der Waals surface area (Å²) in [7, 11) is 1.34. The molecule has 0 unspecified atom stereocenters. The number of rotatable bonds is 5. The Bertz CT molecular complexity index is 597. The van der Waals surface area contributed by atoms with E-state index in [4.69, 9.17) is 9.26 Å². The molecule has 8 heteroatoms. The van der Waals surface area contributed by atoms with E-state index < -0.39 is 12.1 Å². The number of methoxy groups -OCH3 is 1. The third-order valence-corrected chi connectivity index (χ3v) is 5.05. The highest BCUT2D eigenvalue weighted by molar-refractivity contribution is 5.85. The fourth-order valence-corrected chi connectivity index (χ4v) is 3.66. The molecule has 1 aliphatic heterocycles. The number of hydrogen-bond donors (Lipinski definition) is 1. The molecule has 1 aromatic rings. The number of amides is 2. The third-order valence-electron chi connectivity index (χ3n) is 5.05. The molecular formula is C17H26N4O4. The third kappa shape index (κ3) is 4.29. The standard InChI is InChI=1S/C17H26N4O4/c1-24-17(23)21-11-5-4-8-13(21)15(22)18-10-9-14-19-16(25-20-14)12-6-2-3-7-12/h12-13H,2-11H2,1H3,(H,18,22)/t13-/m1/s1. The van der Waals surface area contributed by atoms with Crippen molar-refractivity contribution in [3.63, 3.8) is 0 Å². The molecular weight excluding hydrogens is 324 g/mol. The van der Waals surface area contributed by atoms with Crippen molar-refractivity contribution in [3.05, 3.63) is 11.7 Å². The second-order valence-corrected chi connectivity index (χ2v) is 6.75. The van der Waals surface area contributed by atoms with E-state index in [0.717, 1.165) is 31.6 Å². The maximum Gasteiger partial charge on any atom is 0.410 e. The van der Waals surface area contributed by atoms with Crippen LogP contribution < -0.4 is 5.32 Å². The van der Waals surface area contributed by atoms with Gasteiger partial charge in [0.1, 0.15) is 6.04 Å². The number of carbonyl (C=O) groups is 2. The van der Waals surface area contributed by atoms with Crippen LogP contribution in [0.25, 0.3) is 0 Å². The van der Waals surface area contributed by atoms with Crippen molar-refractivity contribution in [3.8, 4) is 0 Å². The van der Waals surface area contributed by atoms with Gasteiger partial charge in [0.2, 0.25) is 11.8 Å². The molecule has 25 heavy (non-hydrogen) atoms. The summed E-state index contributed by atoms with van der Waals surface area (Å²) in [4.78, 5) is 30.2. The van der Waals surface area contributed by atoms with Gasteiger partial charge in [-0.25, -0.2) is 4.79 Å². The molecule has 1 saturated heterocycles. The first-order chi connectivity index (χ1) is 12.2. The fraction of sp³-hybridized carbons (Fsp3) is 0.765. The van der Waals surface area contributed by atoms with Crippen molar-refractivity contribution in [1.82, 2.24) is 20.4 Å². The van der Waals surface area contributed by atoms with Crippen LogP contribution in [0.4, 0.5) is 4.79 Å². The summed E-state index contributed by atoms with van der Waals surface area (Å²) in [5.41, 5.74) is 0. The molecule has 1 aromatic heterocycles. The Kier molecular flexibility index (Phi) is 5.88. The molecule has 1 N–H and O–H groups in total. The molecule has 2 amide bonds. The largest absolute Gasteiger partial charge is 0.453 e. The Morgan fingerprint density at radius 1 is 1.24 bits per heavy atom. The van der Waals surface area contributed by atoms with Crippen LogP contribution in [0.2, 0.25) is 0 Å². The second kappa shape index (κ2) is 8.31. The number of ether oxygens (including phenoxy) is 1. The zero-order chi connectivity index (χ0) is 17.6. The minimum Gasteiger partial charge on any atom is -0.453 e. The summed E-state index contributed by atoms with van der Waals surface area (Å²) in [5.74, 6) is 1.59. The van der Waals surface area contributed by atoms with Crippen molar-refractivity contribution in [2.75, 3.05) is 20.2 Å². The Balaban J connectivity index is 1.47. The van der Waals surface area contributed by atoms with Gasteiger partial charge in [0.05, 0.1) is 7.11 Å². The summed E-state index contributed by atoms with van der Waals surface area (Å²) < 4.78 is 10.1. The predicted octanol–water partition coefficient (Wildman–Crippen LogP) is 2.01. The zero-order valence-corrected chi connectivity index (χ0v) is 14.7. The van der Waals surface area contributed by atoms with E-state index in [1.165, 1.54) is 24.9 Å². The number of hydrogen-bond acceptors (Lipinski definition) is 6. The van der Waals surface area contributed by atoms with Gasteiger partial charge >= 0.3 is 6.09 Å². The number of nitrogens with one attached hydrogen (secondary N) is 1. The van der Waals surface area contributed by atoms with Gasteiger partial charge in [-0.05, 0) is 32.1 Å². The minimum atomic E-state index is -0.458. The smallest absolute Gasteiger partial charge is 0.410 e. The van der Waals surface area contributed by atoms with Crippen molar-refractivity contribution < 1.29 is 18.8 Å². The number of nitrogens with zero attached hydrogens (tertiary/aromatic N) is 3. The second-order valence-electron chi connectivity index (χ2n) is 6.75. The van der Waals surface area contributed by atoms with E-state index in [0.29, 0.717) is 37.7 Å². The number of piperidine rings is 1. The molecule has 1 aliphatic carbocycles. The lowest BCUT2D eigenvalue weighted by Crippen LogP contribution is -2.52. The molecule has 138 valence electrons. The SMILES string of the molecule is COC(=O)N1CCCC[C@@H]1C(=O)NCCc1noc(C2CCCC2)n1. The maximum absolute atomic E-state index is 12.4. The summed E-state index contributed by atoms with van der Waals surface area (Å²) in [5, 5.41) is 6.88. The molecule has 0 bridgehead atoms. The van der Waals surface area contributed by atoms with Gasteiger partial charge in [-0.3, -0.25) is 9.69 Å². The van der Waals surface area contributed by atoms with Crippen molar-refractivity contribution >= 4 is 12.0 Å². The molecule has 8 nitrogen and oxygen atoms in total. The molecule has 2 heterocycles. The average molecular weight is 350 g/mol. The molecule has 2 fully saturated rings. The lowest BCUT2D eigenvalue weighted by Gasteiger charge is -2.33. The highest BCUT2D eigenvalue weighted by Crippen LogP contribution is 2.32. The summed E-state index contributed by atoms with van der Waals surface area (Å²) in [6, 6.07) is -0.458. The van der Waals surface area contributed by atoms with E-state index in [2.05, 4.69) is 15.5 Å². The van der Waals surface area contributed by atoms with Crippen LogP contribution in [0.1, 0.15) is 62.6 Å². The Morgan fingerprint density at radius 3 is 2.76 bits per heavy atom. The van der Waals surface area contributed by atoms with Crippen LogP contribution >= 0.6 is 0 Å². The molecule has 2 aliphatic rings. The Hall–Kier alpha value is -2.12. The highest BCUT2D eigenvalue weighted by atomic mass is 16.5. The van der Waals surface area contributed by atoms with E-state index in [9.17, 15) is 9.59 Å². The maximum atomic E-state index is 12.4. The molecule has 0 aromatic carbocycles. The average Bonchev–Trinajstić information content (AvgIpc) is 3.32. The monoisotopic (exact) mass is 350 g/mol. The van der Waals surface area contributed by atoms with Crippen molar-refractivity contribution in [2.24, 2.45) is 0 Å². The van der Waals surface area contributed by atoms with E-state index in [-0.39, 0.29) is 5.91 Å². The van der Waals surface area contributed by atoms with Crippen molar-refractivity contribution in [1.29, 1.82) is 0 Å². The molecule has 3 rings (SSSR count).